The summed E-state index contributed by atoms with van der Waals surface area (Å²) in [5, 5.41) is 3.17. The van der Waals surface area contributed by atoms with Crippen LogP contribution in [-0.2, 0) is 0 Å². The average Bonchev–Trinajstić information content (AvgIpc) is 2.83. The Balaban J connectivity index is 2.01. The van der Waals surface area contributed by atoms with Crippen LogP contribution in [0.2, 0.25) is 0 Å². The summed E-state index contributed by atoms with van der Waals surface area (Å²) in [4.78, 5) is 9.75. The van der Waals surface area contributed by atoms with E-state index in [1.807, 2.05) is 18.5 Å². The van der Waals surface area contributed by atoms with Crippen molar-refractivity contribution in [3.8, 4) is 10.4 Å². The number of nitrogens with zero attached hydrogens (tertiary/aromatic N) is 2. The Kier molecular flexibility index (Phi) is 4.68. The minimum atomic E-state index is 0.418. The standard InChI is InChI=1S/C12H15BrN4S/c1-8(4-14)5-15-12-16-6-9(7-17-12)10-2-3-11(13)18-10/h2-3,6-8H,4-5,14H2,1H3,(H,15,16,17). The van der Waals surface area contributed by atoms with Crippen molar-refractivity contribution in [1.29, 1.82) is 0 Å². The van der Waals surface area contributed by atoms with Crippen molar-refractivity contribution in [2.24, 2.45) is 11.7 Å². The maximum absolute atomic E-state index is 5.55. The predicted octanol–water partition coefficient (Wildman–Crippen LogP) is 2.97. The van der Waals surface area contributed by atoms with E-state index in [0.717, 1.165) is 20.8 Å². The number of aromatic nitrogens is 2. The Hall–Kier alpha value is -0.980. The maximum Gasteiger partial charge on any atom is 0.222 e. The summed E-state index contributed by atoms with van der Waals surface area (Å²) >= 11 is 5.11. The van der Waals surface area contributed by atoms with Crippen LogP contribution < -0.4 is 11.1 Å². The number of halogens is 1. The molecule has 2 aromatic rings. The second kappa shape index (κ2) is 6.26. The quantitative estimate of drug-likeness (QED) is 0.886. The highest BCUT2D eigenvalue weighted by molar-refractivity contribution is 9.11. The van der Waals surface area contributed by atoms with E-state index in [1.165, 1.54) is 0 Å². The molecule has 0 bridgehead atoms. The van der Waals surface area contributed by atoms with Gasteiger partial charge in [-0.2, -0.15) is 0 Å². The topological polar surface area (TPSA) is 63.8 Å². The minimum absolute atomic E-state index is 0.418. The van der Waals surface area contributed by atoms with Crippen LogP contribution in [0.25, 0.3) is 10.4 Å². The zero-order valence-corrected chi connectivity index (χ0v) is 12.5. The Morgan fingerprint density at radius 1 is 1.39 bits per heavy atom. The van der Waals surface area contributed by atoms with Gasteiger partial charge in [-0.15, -0.1) is 11.3 Å². The third-order valence-corrected chi connectivity index (χ3v) is 4.19. The SMILES string of the molecule is CC(CN)CNc1ncc(-c2ccc(Br)s2)cn1. The van der Waals surface area contributed by atoms with E-state index in [4.69, 9.17) is 5.73 Å². The van der Waals surface area contributed by atoms with Gasteiger partial charge in [-0.3, -0.25) is 0 Å². The summed E-state index contributed by atoms with van der Waals surface area (Å²) in [6.07, 6.45) is 3.67. The summed E-state index contributed by atoms with van der Waals surface area (Å²) in [6, 6.07) is 4.08. The Labute approximate surface area is 119 Å². The monoisotopic (exact) mass is 326 g/mol. The molecule has 0 saturated heterocycles. The fourth-order valence-corrected chi connectivity index (χ4v) is 2.73. The second-order valence-corrected chi connectivity index (χ2v) is 6.58. The van der Waals surface area contributed by atoms with Gasteiger partial charge in [0.25, 0.3) is 0 Å². The summed E-state index contributed by atoms with van der Waals surface area (Å²) in [5.41, 5.74) is 6.59. The fraction of sp³-hybridized carbons (Fsp3) is 0.333. The van der Waals surface area contributed by atoms with Gasteiger partial charge in [0.15, 0.2) is 0 Å². The largest absolute Gasteiger partial charge is 0.354 e. The molecule has 0 aliphatic rings. The van der Waals surface area contributed by atoms with Gasteiger partial charge >= 0.3 is 0 Å². The van der Waals surface area contributed by atoms with Crippen LogP contribution in [0.15, 0.2) is 28.3 Å². The predicted molar refractivity (Wildman–Crippen MR) is 79.8 cm³/mol. The van der Waals surface area contributed by atoms with Crippen molar-refractivity contribution < 1.29 is 0 Å². The number of nitrogens with one attached hydrogen (secondary N) is 1. The molecule has 1 atom stereocenters. The minimum Gasteiger partial charge on any atom is -0.354 e. The molecule has 0 fully saturated rings. The molecule has 0 aliphatic carbocycles. The highest BCUT2D eigenvalue weighted by Crippen LogP contribution is 2.30. The number of thiophene rings is 1. The number of hydrogen-bond acceptors (Lipinski definition) is 5. The summed E-state index contributed by atoms with van der Waals surface area (Å²) < 4.78 is 1.11. The first-order valence-corrected chi connectivity index (χ1v) is 7.31. The third-order valence-electron chi connectivity index (χ3n) is 2.52. The van der Waals surface area contributed by atoms with Crippen LogP contribution in [0, 0.1) is 5.92 Å². The van der Waals surface area contributed by atoms with E-state index in [-0.39, 0.29) is 0 Å². The molecule has 0 aliphatic heterocycles. The van der Waals surface area contributed by atoms with E-state index < -0.39 is 0 Å². The van der Waals surface area contributed by atoms with Crippen LogP contribution in [0.1, 0.15) is 6.92 Å². The highest BCUT2D eigenvalue weighted by atomic mass is 79.9. The van der Waals surface area contributed by atoms with Gasteiger partial charge in [0, 0.05) is 29.4 Å². The van der Waals surface area contributed by atoms with Crippen molar-refractivity contribution in [1.82, 2.24) is 9.97 Å². The lowest BCUT2D eigenvalue weighted by Crippen LogP contribution is -2.20. The van der Waals surface area contributed by atoms with Gasteiger partial charge < -0.3 is 11.1 Å². The molecule has 0 radical (unpaired) electrons. The average molecular weight is 327 g/mol. The summed E-state index contributed by atoms with van der Waals surface area (Å²) in [7, 11) is 0. The lowest BCUT2D eigenvalue weighted by atomic mass is 10.2. The normalized spacial score (nSPS) is 12.4. The molecule has 2 aromatic heterocycles. The zero-order chi connectivity index (χ0) is 13.0. The molecule has 0 saturated carbocycles. The second-order valence-electron chi connectivity index (χ2n) is 4.12. The van der Waals surface area contributed by atoms with Gasteiger partial charge in [-0.1, -0.05) is 6.92 Å². The number of hydrogen-bond donors (Lipinski definition) is 2. The Morgan fingerprint density at radius 2 is 2.11 bits per heavy atom. The molecule has 6 heteroatoms. The number of anilines is 1. The number of nitrogens with two attached hydrogens (primary N) is 1. The number of rotatable bonds is 5. The molecule has 96 valence electrons. The smallest absolute Gasteiger partial charge is 0.222 e. The molecule has 2 rings (SSSR count). The lowest BCUT2D eigenvalue weighted by molar-refractivity contribution is 0.625. The first kappa shape index (κ1) is 13.5. The molecule has 3 N–H and O–H groups in total. The summed E-state index contributed by atoms with van der Waals surface area (Å²) in [5.74, 6) is 1.07. The van der Waals surface area contributed by atoms with E-state index in [1.54, 1.807) is 11.3 Å². The van der Waals surface area contributed by atoms with Crippen molar-refractivity contribution in [3.05, 3.63) is 28.3 Å². The van der Waals surface area contributed by atoms with Gasteiger partial charge in [-0.25, -0.2) is 9.97 Å². The lowest BCUT2D eigenvalue weighted by Gasteiger charge is -2.09. The molecule has 0 amide bonds. The molecule has 18 heavy (non-hydrogen) atoms. The molecular weight excluding hydrogens is 312 g/mol. The molecule has 0 aromatic carbocycles. The zero-order valence-electron chi connectivity index (χ0n) is 10.1. The van der Waals surface area contributed by atoms with Crippen LogP contribution in [0.5, 0.6) is 0 Å². The van der Waals surface area contributed by atoms with Crippen molar-refractivity contribution in [3.63, 3.8) is 0 Å². The van der Waals surface area contributed by atoms with E-state index in [0.29, 0.717) is 18.4 Å². The van der Waals surface area contributed by atoms with Crippen LogP contribution in [0.4, 0.5) is 5.95 Å². The van der Waals surface area contributed by atoms with E-state index >= 15 is 0 Å². The van der Waals surface area contributed by atoms with Crippen LogP contribution >= 0.6 is 27.3 Å². The van der Waals surface area contributed by atoms with Crippen molar-refractivity contribution >= 4 is 33.2 Å². The van der Waals surface area contributed by atoms with Gasteiger partial charge in [-0.05, 0) is 40.5 Å². The Morgan fingerprint density at radius 3 is 2.67 bits per heavy atom. The third kappa shape index (κ3) is 3.51. The van der Waals surface area contributed by atoms with E-state index in [2.05, 4.69) is 44.2 Å². The molecule has 0 spiro atoms. The molecular formula is C12H15BrN4S. The van der Waals surface area contributed by atoms with Crippen molar-refractivity contribution in [2.45, 2.75) is 6.92 Å². The first-order valence-electron chi connectivity index (χ1n) is 5.70. The molecule has 4 nitrogen and oxygen atoms in total. The first-order chi connectivity index (χ1) is 8.69. The van der Waals surface area contributed by atoms with Gasteiger partial charge in [0.2, 0.25) is 5.95 Å². The van der Waals surface area contributed by atoms with Crippen LogP contribution in [0.3, 0.4) is 0 Å². The van der Waals surface area contributed by atoms with Gasteiger partial charge in [0.1, 0.15) is 0 Å². The Bertz CT molecular complexity index is 497. The highest BCUT2D eigenvalue weighted by Gasteiger charge is 2.04. The molecule has 2 heterocycles. The molecule has 1 unspecified atom stereocenters. The van der Waals surface area contributed by atoms with Gasteiger partial charge in [0.05, 0.1) is 3.79 Å². The summed E-state index contributed by atoms with van der Waals surface area (Å²) in [6.45, 7) is 3.54. The van der Waals surface area contributed by atoms with E-state index in [9.17, 15) is 0 Å². The van der Waals surface area contributed by atoms with Crippen molar-refractivity contribution in [2.75, 3.05) is 18.4 Å². The fourth-order valence-electron chi connectivity index (χ4n) is 1.36. The van der Waals surface area contributed by atoms with Crippen LogP contribution in [-0.4, -0.2) is 23.1 Å². The maximum atomic E-state index is 5.55.